The van der Waals surface area contributed by atoms with Crippen molar-refractivity contribution < 1.29 is 9.90 Å². The molecule has 3 rings (SSSR count). The van der Waals surface area contributed by atoms with E-state index in [-0.39, 0.29) is 16.7 Å². The first-order valence-electron chi connectivity index (χ1n) is 6.76. The van der Waals surface area contributed by atoms with Gasteiger partial charge in [-0.1, -0.05) is 29.8 Å². The quantitative estimate of drug-likeness (QED) is 0.852. The zero-order valence-electron chi connectivity index (χ0n) is 11.3. The van der Waals surface area contributed by atoms with E-state index in [2.05, 4.69) is 5.32 Å². The number of rotatable bonds is 1. The molecule has 0 radical (unpaired) electrons. The smallest absolute Gasteiger partial charge is 0.258 e. The Hall–Kier alpha value is -2.04. The number of para-hydroxylation sites is 1. The van der Waals surface area contributed by atoms with Gasteiger partial charge >= 0.3 is 0 Å². The number of carbonyl (C=O) groups is 1. The zero-order chi connectivity index (χ0) is 14.8. The Bertz CT molecular complexity index is 688. The normalized spacial score (nSPS) is 14.4. The van der Waals surface area contributed by atoms with Crippen molar-refractivity contribution in [3.05, 3.63) is 58.6 Å². The monoisotopic (exact) mass is 302 g/mol. The van der Waals surface area contributed by atoms with E-state index in [0.29, 0.717) is 12.1 Å². The second-order valence-corrected chi connectivity index (χ2v) is 5.34. The number of carbonyl (C=O) groups excluding carboxylic acids is 1. The molecule has 2 aromatic rings. The molecule has 0 fully saturated rings. The molecule has 0 saturated heterocycles. The van der Waals surface area contributed by atoms with Gasteiger partial charge in [-0.3, -0.25) is 4.79 Å². The summed E-state index contributed by atoms with van der Waals surface area (Å²) in [5.41, 5.74) is 2.47. The van der Waals surface area contributed by atoms with Crippen molar-refractivity contribution in [2.75, 3.05) is 18.0 Å². The van der Waals surface area contributed by atoms with Crippen molar-refractivity contribution in [3.63, 3.8) is 0 Å². The maximum absolute atomic E-state index is 12.7. The molecule has 1 amide bonds. The fourth-order valence-corrected chi connectivity index (χ4v) is 2.65. The van der Waals surface area contributed by atoms with Crippen LogP contribution in [0.25, 0.3) is 0 Å². The Balaban J connectivity index is 1.99. The molecule has 0 aliphatic carbocycles. The van der Waals surface area contributed by atoms with E-state index in [4.69, 9.17) is 11.6 Å². The minimum absolute atomic E-state index is 0.0221. The third-order valence-electron chi connectivity index (χ3n) is 3.55. The zero-order valence-corrected chi connectivity index (χ0v) is 12.1. The lowest BCUT2D eigenvalue weighted by Gasteiger charge is -2.22. The number of hydrogen-bond donors (Lipinski definition) is 2. The standard InChI is InChI=1S/C16H15ClN2O2/c17-13-9-11(5-6-15(13)20)16(21)19-8-7-18-10-12-3-1-2-4-14(12)19/h1-6,9,18,20H,7-8,10H2. The Morgan fingerprint density at radius 3 is 2.86 bits per heavy atom. The molecule has 5 heteroatoms. The first-order valence-corrected chi connectivity index (χ1v) is 7.13. The van der Waals surface area contributed by atoms with Gasteiger partial charge in [-0.15, -0.1) is 0 Å². The third-order valence-corrected chi connectivity index (χ3v) is 3.85. The number of halogens is 1. The number of nitrogens with one attached hydrogen (secondary N) is 1. The summed E-state index contributed by atoms with van der Waals surface area (Å²) in [4.78, 5) is 14.5. The highest BCUT2D eigenvalue weighted by Gasteiger charge is 2.22. The maximum Gasteiger partial charge on any atom is 0.258 e. The van der Waals surface area contributed by atoms with Gasteiger partial charge in [0, 0.05) is 30.9 Å². The number of phenols is 1. The summed E-state index contributed by atoms with van der Waals surface area (Å²) < 4.78 is 0. The predicted molar refractivity (Wildman–Crippen MR) is 82.9 cm³/mol. The summed E-state index contributed by atoms with van der Waals surface area (Å²) in [6.07, 6.45) is 0. The fraction of sp³-hybridized carbons (Fsp3) is 0.188. The second kappa shape index (κ2) is 5.76. The SMILES string of the molecule is O=C(c1ccc(O)c(Cl)c1)N1CCNCc2ccccc21. The van der Waals surface area contributed by atoms with Gasteiger partial charge in [0.1, 0.15) is 5.75 Å². The highest BCUT2D eigenvalue weighted by atomic mass is 35.5. The average molecular weight is 303 g/mol. The summed E-state index contributed by atoms with van der Waals surface area (Å²) >= 11 is 5.90. The number of hydrogen-bond acceptors (Lipinski definition) is 3. The second-order valence-electron chi connectivity index (χ2n) is 4.93. The van der Waals surface area contributed by atoms with Gasteiger partial charge in [-0.2, -0.15) is 0 Å². The van der Waals surface area contributed by atoms with Gasteiger partial charge in [-0.05, 0) is 29.8 Å². The van der Waals surface area contributed by atoms with Crippen LogP contribution in [0.1, 0.15) is 15.9 Å². The van der Waals surface area contributed by atoms with Crippen LogP contribution in [-0.4, -0.2) is 24.1 Å². The van der Waals surface area contributed by atoms with E-state index in [9.17, 15) is 9.90 Å². The average Bonchev–Trinajstić information content (AvgIpc) is 2.71. The minimum Gasteiger partial charge on any atom is -0.506 e. The van der Waals surface area contributed by atoms with E-state index in [1.54, 1.807) is 11.0 Å². The van der Waals surface area contributed by atoms with E-state index in [0.717, 1.165) is 24.3 Å². The van der Waals surface area contributed by atoms with Crippen LogP contribution in [0.15, 0.2) is 42.5 Å². The van der Waals surface area contributed by atoms with Crippen molar-refractivity contribution in [1.82, 2.24) is 5.32 Å². The maximum atomic E-state index is 12.7. The van der Waals surface area contributed by atoms with Crippen LogP contribution in [0.5, 0.6) is 5.75 Å². The van der Waals surface area contributed by atoms with E-state index in [1.807, 2.05) is 24.3 Å². The van der Waals surface area contributed by atoms with Gasteiger partial charge in [-0.25, -0.2) is 0 Å². The van der Waals surface area contributed by atoms with E-state index < -0.39 is 0 Å². The number of benzene rings is 2. The van der Waals surface area contributed by atoms with Crippen LogP contribution in [0.2, 0.25) is 5.02 Å². The van der Waals surface area contributed by atoms with Gasteiger partial charge in [0.15, 0.2) is 0 Å². The van der Waals surface area contributed by atoms with Crippen LogP contribution in [0, 0.1) is 0 Å². The summed E-state index contributed by atoms with van der Waals surface area (Å²) in [5.74, 6) is -0.140. The molecular weight excluding hydrogens is 288 g/mol. The molecule has 4 nitrogen and oxygen atoms in total. The van der Waals surface area contributed by atoms with Crippen molar-refractivity contribution in [2.24, 2.45) is 0 Å². The van der Waals surface area contributed by atoms with Gasteiger partial charge in [0.05, 0.1) is 5.02 Å². The van der Waals surface area contributed by atoms with Crippen LogP contribution in [-0.2, 0) is 6.54 Å². The molecule has 108 valence electrons. The number of aromatic hydroxyl groups is 1. The van der Waals surface area contributed by atoms with E-state index >= 15 is 0 Å². The molecule has 2 aromatic carbocycles. The molecule has 0 aromatic heterocycles. The molecule has 0 spiro atoms. The van der Waals surface area contributed by atoms with E-state index in [1.165, 1.54) is 12.1 Å². The van der Waals surface area contributed by atoms with Crippen LogP contribution < -0.4 is 10.2 Å². The first kappa shape index (κ1) is 13.9. The molecule has 0 bridgehead atoms. The number of nitrogens with zero attached hydrogens (tertiary/aromatic N) is 1. The third kappa shape index (κ3) is 2.73. The predicted octanol–water partition coefficient (Wildman–Crippen LogP) is 2.80. The van der Waals surface area contributed by atoms with Gasteiger partial charge in [0.2, 0.25) is 0 Å². The molecule has 0 atom stereocenters. The molecule has 21 heavy (non-hydrogen) atoms. The first-order chi connectivity index (χ1) is 10.2. The number of amides is 1. The molecule has 2 N–H and O–H groups in total. The van der Waals surface area contributed by atoms with Crippen molar-refractivity contribution in [1.29, 1.82) is 0 Å². The Labute approximate surface area is 128 Å². The molecule has 1 aliphatic rings. The molecule has 0 saturated carbocycles. The largest absolute Gasteiger partial charge is 0.506 e. The summed E-state index contributed by atoms with van der Waals surface area (Å²) in [7, 11) is 0. The Morgan fingerprint density at radius 1 is 1.24 bits per heavy atom. The Morgan fingerprint density at radius 2 is 2.05 bits per heavy atom. The highest BCUT2D eigenvalue weighted by Crippen LogP contribution is 2.27. The van der Waals surface area contributed by atoms with Crippen molar-refractivity contribution in [2.45, 2.75) is 6.54 Å². The van der Waals surface area contributed by atoms with Crippen molar-refractivity contribution >= 4 is 23.2 Å². The summed E-state index contributed by atoms with van der Waals surface area (Å²) in [6.45, 7) is 2.07. The van der Waals surface area contributed by atoms with Gasteiger partial charge in [0.25, 0.3) is 5.91 Å². The number of fused-ring (bicyclic) bond motifs is 1. The lowest BCUT2D eigenvalue weighted by Crippen LogP contribution is -2.34. The minimum atomic E-state index is -0.118. The van der Waals surface area contributed by atoms with Crippen LogP contribution in [0.4, 0.5) is 5.69 Å². The lowest BCUT2D eigenvalue weighted by molar-refractivity contribution is 0.0987. The number of anilines is 1. The molecular formula is C16H15ClN2O2. The summed E-state index contributed by atoms with van der Waals surface area (Å²) in [5, 5.41) is 13.0. The topological polar surface area (TPSA) is 52.6 Å². The lowest BCUT2D eigenvalue weighted by atomic mass is 10.1. The molecule has 0 unspecified atom stereocenters. The fourth-order valence-electron chi connectivity index (χ4n) is 2.46. The summed E-state index contributed by atoms with van der Waals surface area (Å²) in [6, 6.07) is 12.4. The highest BCUT2D eigenvalue weighted by molar-refractivity contribution is 6.32. The van der Waals surface area contributed by atoms with Crippen LogP contribution in [0.3, 0.4) is 0 Å². The molecule has 1 heterocycles. The number of phenolic OH excluding ortho intramolecular Hbond substituents is 1. The Kier molecular flexibility index (Phi) is 3.82. The van der Waals surface area contributed by atoms with Gasteiger partial charge < -0.3 is 15.3 Å². The van der Waals surface area contributed by atoms with Crippen LogP contribution >= 0.6 is 11.6 Å². The molecule has 1 aliphatic heterocycles. The van der Waals surface area contributed by atoms with Crippen molar-refractivity contribution in [3.8, 4) is 5.75 Å².